The Morgan fingerprint density at radius 2 is 2.15 bits per heavy atom. The molecule has 4 rings (SSSR count). The van der Waals surface area contributed by atoms with Crippen molar-refractivity contribution in [1.29, 1.82) is 0 Å². The Bertz CT molecular complexity index is 776. The van der Waals surface area contributed by atoms with Gasteiger partial charge < -0.3 is 9.88 Å². The minimum atomic E-state index is -0.0324. The monoisotopic (exact) mass is 376 g/mol. The highest BCUT2D eigenvalue weighted by atomic mass is 35.5. The van der Waals surface area contributed by atoms with Crippen molar-refractivity contribution in [2.45, 2.75) is 44.7 Å². The van der Waals surface area contributed by atoms with Crippen molar-refractivity contribution in [3.63, 3.8) is 0 Å². The fourth-order valence-corrected chi connectivity index (χ4v) is 4.62. The minimum Gasteiger partial charge on any atom is -0.348 e. The first-order valence-electron chi connectivity index (χ1n) is 9.36. The maximum absolute atomic E-state index is 12.6. The summed E-state index contributed by atoms with van der Waals surface area (Å²) in [5, 5.41) is 4.66. The van der Waals surface area contributed by atoms with Gasteiger partial charge in [0, 0.05) is 37.9 Å². The summed E-state index contributed by atoms with van der Waals surface area (Å²) >= 11 is 5.89. The summed E-state index contributed by atoms with van der Waals surface area (Å²) in [5.41, 5.74) is 2.43. The first-order chi connectivity index (χ1) is 12.6. The lowest BCUT2D eigenvalue weighted by molar-refractivity contribution is -0.135. The molecule has 7 nitrogen and oxygen atoms in total. The van der Waals surface area contributed by atoms with Crippen LogP contribution in [0.5, 0.6) is 0 Å². The molecule has 8 heteroatoms. The van der Waals surface area contributed by atoms with Crippen LogP contribution in [0.15, 0.2) is 18.7 Å². The number of H-pyrrole nitrogens is 1. The number of fused-ring (bicyclic) bond motifs is 2. The van der Waals surface area contributed by atoms with Gasteiger partial charge in [-0.2, -0.15) is 5.10 Å². The highest BCUT2D eigenvalue weighted by molar-refractivity contribution is 6.30. The number of aromatic nitrogens is 4. The van der Waals surface area contributed by atoms with Crippen molar-refractivity contribution in [3.05, 3.63) is 35.1 Å². The van der Waals surface area contributed by atoms with E-state index in [1.54, 1.807) is 17.1 Å². The second-order valence-electron chi connectivity index (χ2n) is 7.24. The molecule has 0 atom stereocenters. The van der Waals surface area contributed by atoms with Crippen LogP contribution < -0.4 is 0 Å². The van der Waals surface area contributed by atoms with E-state index < -0.39 is 0 Å². The molecule has 2 aromatic heterocycles. The van der Waals surface area contributed by atoms with Crippen LogP contribution in [-0.4, -0.2) is 61.6 Å². The van der Waals surface area contributed by atoms with Gasteiger partial charge in [-0.25, -0.2) is 4.98 Å². The van der Waals surface area contributed by atoms with Gasteiger partial charge >= 0.3 is 0 Å². The number of carbonyl (C=O) groups excluding carboxylic acids is 1. The van der Waals surface area contributed by atoms with Gasteiger partial charge in [0.1, 0.15) is 6.54 Å². The molecule has 1 spiro atoms. The van der Waals surface area contributed by atoms with E-state index in [1.165, 1.54) is 11.4 Å². The van der Waals surface area contributed by atoms with E-state index in [2.05, 4.69) is 26.9 Å². The van der Waals surface area contributed by atoms with E-state index in [4.69, 9.17) is 11.6 Å². The molecule has 0 bridgehead atoms. The van der Waals surface area contributed by atoms with E-state index in [0.29, 0.717) is 5.02 Å². The largest absolute Gasteiger partial charge is 0.348 e. The lowest BCUT2D eigenvalue weighted by atomic mass is 9.78. The first kappa shape index (κ1) is 17.5. The van der Waals surface area contributed by atoms with E-state index in [-0.39, 0.29) is 18.0 Å². The third kappa shape index (κ3) is 3.03. The summed E-state index contributed by atoms with van der Waals surface area (Å²) in [4.78, 5) is 25.2. The van der Waals surface area contributed by atoms with Crippen LogP contribution in [-0.2, 0) is 23.3 Å². The molecule has 1 fully saturated rings. The smallest absolute Gasteiger partial charge is 0.244 e. The summed E-state index contributed by atoms with van der Waals surface area (Å²) in [5.74, 6) is 0.0970. The summed E-state index contributed by atoms with van der Waals surface area (Å²) in [6, 6.07) is 0. The molecule has 26 heavy (non-hydrogen) atoms. The maximum atomic E-state index is 12.6. The normalized spacial score (nSPS) is 19.7. The van der Waals surface area contributed by atoms with Gasteiger partial charge in [0.15, 0.2) is 0 Å². The second kappa shape index (κ2) is 7.04. The van der Waals surface area contributed by atoms with Gasteiger partial charge in [-0.3, -0.25) is 14.4 Å². The Hall–Kier alpha value is -1.86. The van der Waals surface area contributed by atoms with Gasteiger partial charge in [-0.05, 0) is 25.8 Å². The lowest BCUT2D eigenvalue weighted by Gasteiger charge is -2.50. The van der Waals surface area contributed by atoms with Crippen LogP contribution in [0, 0.1) is 0 Å². The molecule has 0 saturated carbocycles. The van der Waals surface area contributed by atoms with Crippen molar-refractivity contribution in [2.24, 2.45) is 0 Å². The van der Waals surface area contributed by atoms with E-state index in [0.717, 1.165) is 51.9 Å². The zero-order valence-electron chi connectivity index (χ0n) is 15.1. The number of likely N-dealkylation sites (tertiary alicyclic amines) is 1. The van der Waals surface area contributed by atoms with Crippen molar-refractivity contribution >= 4 is 17.5 Å². The minimum absolute atomic E-state index is 0.0324. The number of halogens is 1. The van der Waals surface area contributed by atoms with Gasteiger partial charge in [-0.15, -0.1) is 0 Å². The molecule has 0 unspecified atom stereocenters. The molecule has 2 aromatic rings. The molecule has 2 aliphatic rings. The molecule has 1 N–H and O–H groups in total. The number of aromatic amines is 1. The van der Waals surface area contributed by atoms with Gasteiger partial charge in [0.25, 0.3) is 0 Å². The Balaban J connectivity index is 1.48. The summed E-state index contributed by atoms with van der Waals surface area (Å²) in [7, 11) is 0. The number of carbonyl (C=O) groups is 1. The predicted octanol–water partition coefficient (Wildman–Crippen LogP) is 2.05. The fourth-order valence-electron chi connectivity index (χ4n) is 4.46. The maximum Gasteiger partial charge on any atom is 0.244 e. The third-order valence-electron chi connectivity index (χ3n) is 5.73. The molecule has 140 valence electrons. The lowest BCUT2D eigenvalue weighted by Crippen LogP contribution is -2.57. The van der Waals surface area contributed by atoms with Gasteiger partial charge in [-0.1, -0.05) is 18.5 Å². The fraction of sp³-hybridized carbons (Fsp3) is 0.611. The molecule has 0 aromatic carbocycles. The summed E-state index contributed by atoms with van der Waals surface area (Å²) in [6.45, 7) is 6.10. The Morgan fingerprint density at radius 1 is 1.35 bits per heavy atom. The number of piperidine rings is 1. The number of hydrogen-bond acceptors (Lipinski definition) is 4. The van der Waals surface area contributed by atoms with E-state index in [1.807, 2.05) is 11.2 Å². The Morgan fingerprint density at radius 3 is 2.85 bits per heavy atom. The molecule has 1 saturated heterocycles. The van der Waals surface area contributed by atoms with Crippen molar-refractivity contribution in [2.75, 3.05) is 26.2 Å². The molecule has 4 heterocycles. The molecule has 0 radical (unpaired) electrons. The number of rotatable bonds is 4. The van der Waals surface area contributed by atoms with E-state index in [9.17, 15) is 4.79 Å². The first-order valence-corrected chi connectivity index (χ1v) is 9.73. The van der Waals surface area contributed by atoms with Crippen LogP contribution in [0.25, 0.3) is 0 Å². The Kier molecular flexibility index (Phi) is 4.75. The third-order valence-corrected chi connectivity index (χ3v) is 5.93. The van der Waals surface area contributed by atoms with Crippen LogP contribution in [0.3, 0.4) is 0 Å². The van der Waals surface area contributed by atoms with Crippen molar-refractivity contribution < 1.29 is 4.79 Å². The number of imidazole rings is 1. The summed E-state index contributed by atoms with van der Waals surface area (Å²) < 4.78 is 1.60. The van der Waals surface area contributed by atoms with Crippen molar-refractivity contribution in [3.8, 4) is 0 Å². The zero-order valence-corrected chi connectivity index (χ0v) is 15.9. The quantitative estimate of drug-likeness (QED) is 0.886. The zero-order chi connectivity index (χ0) is 18.1. The highest BCUT2D eigenvalue weighted by Gasteiger charge is 2.46. The standard InChI is InChI=1S/C18H25ClN6O/c1-2-6-24-7-3-15-17(21-13-20-15)18(24)4-8-23(9-5-18)16(26)12-25-11-14(19)10-22-25/h10-11,13H,2-9,12H2,1H3,(H,20,21). The van der Waals surface area contributed by atoms with Crippen LogP contribution in [0.2, 0.25) is 5.02 Å². The van der Waals surface area contributed by atoms with Crippen LogP contribution in [0.1, 0.15) is 37.6 Å². The van der Waals surface area contributed by atoms with Crippen LogP contribution >= 0.6 is 11.6 Å². The molecular weight excluding hydrogens is 352 g/mol. The SMILES string of the molecule is CCCN1CCc2[nH]cnc2C12CCN(C(=O)Cn1cc(Cl)cn1)CC2. The van der Waals surface area contributed by atoms with Crippen LogP contribution in [0.4, 0.5) is 0 Å². The molecular formula is C18H25ClN6O. The second-order valence-corrected chi connectivity index (χ2v) is 7.67. The van der Waals surface area contributed by atoms with Gasteiger partial charge in [0.2, 0.25) is 5.91 Å². The number of nitrogens with one attached hydrogen (secondary N) is 1. The number of nitrogens with zero attached hydrogens (tertiary/aromatic N) is 5. The predicted molar refractivity (Wildman–Crippen MR) is 98.9 cm³/mol. The van der Waals surface area contributed by atoms with Gasteiger partial charge in [0.05, 0.1) is 28.8 Å². The average Bonchev–Trinajstić information content (AvgIpc) is 3.28. The van der Waals surface area contributed by atoms with E-state index >= 15 is 0 Å². The molecule has 2 aliphatic heterocycles. The van der Waals surface area contributed by atoms with Crippen molar-refractivity contribution in [1.82, 2.24) is 29.5 Å². The number of hydrogen-bond donors (Lipinski definition) is 1. The summed E-state index contributed by atoms with van der Waals surface area (Å²) in [6.07, 6.45) is 9.08. The topological polar surface area (TPSA) is 70.1 Å². The molecule has 0 aliphatic carbocycles. The molecule has 1 amide bonds. The number of amides is 1. The highest BCUT2D eigenvalue weighted by Crippen LogP contribution is 2.42. The average molecular weight is 377 g/mol. The Labute approximate surface area is 158 Å².